The van der Waals surface area contributed by atoms with Crippen LogP contribution in [0.3, 0.4) is 0 Å². The molecule has 0 radical (unpaired) electrons. The van der Waals surface area contributed by atoms with Crippen LogP contribution in [0.4, 0.5) is 32.0 Å². The van der Waals surface area contributed by atoms with Gasteiger partial charge in [0.2, 0.25) is 0 Å². The molecule has 18 heavy (non-hydrogen) atoms. The van der Waals surface area contributed by atoms with Crippen molar-refractivity contribution in [2.75, 3.05) is 5.32 Å². The van der Waals surface area contributed by atoms with Crippen molar-refractivity contribution in [3.8, 4) is 0 Å². The first-order chi connectivity index (χ1) is 8.21. The van der Waals surface area contributed by atoms with Gasteiger partial charge in [-0.3, -0.25) is 4.79 Å². The number of halogens is 6. The Morgan fingerprint density at radius 2 is 1.78 bits per heavy atom. The van der Waals surface area contributed by atoms with Gasteiger partial charge in [-0.05, 0) is 0 Å². The fourth-order valence-corrected chi connectivity index (χ4v) is 1.71. The first kappa shape index (κ1) is 12.7. The molecular formula is C10H5F6NO. The molecule has 0 saturated carbocycles. The van der Waals surface area contributed by atoms with E-state index < -0.39 is 53.1 Å². The average molecular weight is 269 g/mol. The van der Waals surface area contributed by atoms with Crippen LogP contribution in [0.2, 0.25) is 0 Å². The minimum Gasteiger partial charge on any atom is -0.373 e. The number of nitrogens with one attached hydrogen (secondary N) is 1. The number of alkyl halides is 3. The Morgan fingerprint density at radius 1 is 1.17 bits per heavy atom. The highest BCUT2D eigenvalue weighted by molar-refractivity contribution is 6.03. The van der Waals surface area contributed by atoms with Crippen LogP contribution in [0, 0.1) is 17.5 Å². The topological polar surface area (TPSA) is 29.1 Å². The first-order valence-electron chi connectivity index (χ1n) is 4.75. The molecule has 98 valence electrons. The second-order valence-electron chi connectivity index (χ2n) is 3.77. The lowest BCUT2D eigenvalue weighted by atomic mass is 9.95. The van der Waals surface area contributed by atoms with Crippen LogP contribution in [0.5, 0.6) is 0 Å². The largest absolute Gasteiger partial charge is 0.408 e. The standard InChI is InChI=1S/C10H5F6NO/c11-3-1-4-7(9(13)8(3)12)5(18)2-6(17-4)10(14,15)16/h1,6,17H,2H2. The van der Waals surface area contributed by atoms with Crippen LogP contribution < -0.4 is 5.32 Å². The summed E-state index contributed by atoms with van der Waals surface area (Å²) in [6.45, 7) is 0. The molecule has 0 amide bonds. The van der Waals surface area contributed by atoms with Gasteiger partial charge in [-0.1, -0.05) is 0 Å². The molecule has 0 bridgehead atoms. The third kappa shape index (κ3) is 1.91. The van der Waals surface area contributed by atoms with Crippen molar-refractivity contribution < 1.29 is 31.1 Å². The van der Waals surface area contributed by atoms with E-state index in [9.17, 15) is 31.1 Å². The molecule has 1 heterocycles. The fourth-order valence-electron chi connectivity index (χ4n) is 1.71. The molecule has 0 saturated heterocycles. The molecule has 0 aliphatic carbocycles. The number of benzene rings is 1. The summed E-state index contributed by atoms with van der Waals surface area (Å²) in [5, 5.41) is 1.78. The molecular weight excluding hydrogens is 264 g/mol. The van der Waals surface area contributed by atoms with Crippen molar-refractivity contribution in [1.29, 1.82) is 0 Å². The van der Waals surface area contributed by atoms with Crippen molar-refractivity contribution in [1.82, 2.24) is 0 Å². The van der Waals surface area contributed by atoms with Crippen molar-refractivity contribution >= 4 is 11.5 Å². The summed E-state index contributed by atoms with van der Waals surface area (Å²) in [4.78, 5) is 11.4. The maximum absolute atomic E-state index is 13.3. The van der Waals surface area contributed by atoms with E-state index in [-0.39, 0.29) is 0 Å². The second kappa shape index (κ2) is 3.89. The molecule has 1 aromatic carbocycles. The average Bonchev–Trinajstić information content (AvgIpc) is 2.23. The van der Waals surface area contributed by atoms with Gasteiger partial charge in [0.25, 0.3) is 0 Å². The van der Waals surface area contributed by atoms with Gasteiger partial charge in [0.1, 0.15) is 6.04 Å². The number of fused-ring (bicyclic) bond motifs is 1. The zero-order valence-corrected chi connectivity index (χ0v) is 8.54. The van der Waals surface area contributed by atoms with Crippen LogP contribution in [0.25, 0.3) is 0 Å². The lowest BCUT2D eigenvalue weighted by molar-refractivity contribution is -0.142. The van der Waals surface area contributed by atoms with Crippen molar-refractivity contribution in [2.45, 2.75) is 18.6 Å². The Hall–Kier alpha value is -1.73. The van der Waals surface area contributed by atoms with E-state index in [1.54, 1.807) is 5.32 Å². The molecule has 0 spiro atoms. The third-order valence-corrected chi connectivity index (χ3v) is 2.56. The number of anilines is 1. The van der Waals surface area contributed by atoms with Crippen molar-refractivity contribution in [3.63, 3.8) is 0 Å². The van der Waals surface area contributed by atoms with Crippen LogP contribution in [-0.2, 0) is 0 Å². The van der Waals surface area contributed by atoms with Gasteiger partial charge < -0.3 is 5.32 Å². The molecule has 1 aliphatic rings. The van der Waals surface area contributed by atoms with Gasteiger partial charge in [-0.25, -0.2) is 13.2 Å². The molecule has 1 unspecified atom stereocenters. The van der Waals surface area contributed by atoms with Crippen molar-refractivity contribution in [2.24, 2.45) is 0 Å². The maximum Gasteiger partial charge on any atom is 0.408 e. The van der Waals surface area contributed by atoms with Gasteiger partial charge in [-0.2, -0.15) is 13.2 Å². The van der Waals surface area contributed by atoms with E-state index in [0.717, 1.165) is 0 Å². The number of hydrogen-bond donors (Lipinski definition) is 1. The lowest BCUT2D eigenvalue weighted by Crippen LogP contribution is -2.41. The molecule has 2 rings (SSSR count). The Kier molecular flexibility index (Phi) is 2.75. The maximum atomic E-state index is 13.3. The minimum atomic E-state index is -4.74. The number of rotatable bonds is 0. The number of Topliss-reactive ketones (excluding diaryl/α,β-unsaturated/α-hetero) is 1. The molecule has 8 heteroatoms. The summed E-state index contributed by atoms with van der Waals surface area (Å²) >= 11 is 0. The zero-order valence-electron chi connectivity index (χ0n) is 8.54. The lowest BCUT2D eigenvalue weighted by Gasteiger charge is -2.28. The van der Waals surface area contributed by atoms with E-state index in [0.29, 0.717) is 6.07 Å². The predicted octanol–water partition coefficient (Wildman–Crippen LogP) is 3.03. The summed E-state index contributed by atoms with van der Waals surface area (Å²) in [5.74, 6) is -6.53. The number of carbonyl (C=O) groups excluding carboxylic acids is 1. The van der Waals surface area contributed by atoms with Gasteiger partial charge in [0, 0.05) is 12.5 Å². The molecule has 1 aromatic rings. The SMILES string of the molecule is O=C1CC(C(F)(F)F)Nc2cc(F)c(F)c(F)c21. The summed E-state index contributed by atoms with van der Waals surface area (Å²) in [6.07, 6.45) is -5.80. The molecule has 1 atom stereocenters. The number of hydrogen-bond acceptors (Lipinski definition) is 2. The van der Waals surface area contributed by atoms with Crippen LogP contribution in [-0.4, -0.2) is 18.0 Å². The minimum absolute atomic E-state index is 0.337. The molecule has 0 fully saturated rings. The number of ketones is 1. The fraction of sp³-hybridized carbons (Fsp3) is 0.300. The predicted molar refractivity (Wildman–Crippen MR) is 48.7 cm³/mol. The summed E-state index contributed by atoms with van der Waals surface area (Å²) < 4.78 is 76.2. The Morgan fingerprint density at radius 3 is 2.33 bits per heavy atom. The first-order valence-corrected chi connectivity index (χ1v) is 4.75. The van der Waals surface area contributed by atoms with E-state index in [1.807, 2.05) is 0 Å². The molecule has 1 aliphatic heterocycles. The zero-order chi connectivity index (χ0) is 13.7. The van der Waals surface area contributed by atoms with Crippen LogP contribution in [0.1, 0.15) is 16.8 Å². The quantitative estimate of drug-likeness (QED) is 0.579. The van der Waals surface area contributed by atoms with Gasteiger partial charge >= 0.3 is 6.18 Å². The smallest absolute Gasteiger partial charge is 0.373 e. The van der Waals surface area contributed by atoms with Crippen molar-refractivity contribution in [3.05, 3.63) is 29.1 Å². The monoisotopic (exact) mass is 269 g/mol. The Labute approximate surface area is 96.6 Å². The van der Waals surface area contributed by atoms with E-state index >= 15 is 0 Å². The molecule has 2 nitrogen and oxygen atoms in total. The summed E-state index contributed by atoms with van der Waals surface area (Å²) in [5.41, 5.74) is -1.57. The molecule has 0 aromatic heterocycles. The highest BCUT2D eigenvalue weighted by Crippen LogP contribution is 2.35. The second-order valence-corrected chi connectivity index (χ2v) is 3.77. The third-order valence-electron chi connectivity index (χ3n) is 2.56. The summed E-state index contributed by atoms with van der Waals surface area (Å²) in [6, 6.07) is -1.90. The van der Waals surface area contributed by atoms with Gasteiger partial charge in [0.15, 0.2) is 23.2 Å². The Balaban J connectivity index is 2.53. The number of carbonyl (C=O) groups is 1. The highest BCUT2D eigenvalue weighted by Gasteiger charge is 2.45. The highest BCUT2D eigenvalue weighted by atomic mass is 19.4. The van der Waals surface area contributed by atoms with Gasteiger partial charge in [-0.15, -0.1) is 0 Å². The van der Waals surface area contributed by atoms with Crippen LogP contribution >= 0.6 is 0 Å². The normalized spacial score (nSPS) is 19.4. The van der Waals surface area contributed by atoms with E-state index in [4.69, 9.17) is 0 Å². The molecule has 1 N–H and O–H groups in total. The Bertz CT molecular complexity index is 524. The van der Waals surface area contributed by atoms with Crippen LogP contribution in [0.15, 0.2) is 6.07 Å². The van der Waals surface area contributed by atoms with Gasteiger partial charge in [0.05, 0.1) is 11.3 Å². The summed E-state index contributed by atoms with van der Waals surface area (Å²) in [7, 11) is 0. The van der Waals surface area contributed by atoms with E-state index in [1.165, 1.54) is 0 Å². The van der Waals surface area contributed by atoms with E-state index in [2.05, 4.69) is 0 Å².